The number of hydrogen-bond acceptors (Lipinski definition) is 29. The molecule has 18 N–H and O–H groups in total. The Labute approximate surface area is 439 Å². The summed E-state index contributed by atoms with van der Waals surface area (Å²) in [4.78, 5) is 50.4. The highest BCUT2D eigenvalue weighted by atomic mass is 16.8. The molecule has 6 heterocycles. The molecule has 0 radical (unpaired) electrons. The second-order valence-corrected chi connectivity index (χ2v) is 19.7. The molecule has 0 spiro atoms. The van der Waals surface area contributed by atoms with Crippen molar-refractivity contribution in [3.63, 3.8) is 0 Å². The van der Waals surface area contributed by atoms with E-state index < -0.39 is 234 Å². The minimum atomic E-state index is -2.15. The first kappa shape index (κ1) is 63.1. The van der Waals surface area contributed by atoms with Gasteiger partial charge in [-0.25, -0.2) is 0 Å². The van der Waals surface area contributed by atoms with E-state index in [1.165, 1.54) is 13.8 Å². The van der Waals surface area contributed by atoms with Gasteiger partial charge in [-0.15, -0.1) is 0 Å². The molecule has 0 saturated carbocycles. The van der Waals surface area contributed by atoms with E-state index in [1.54, 1.807) is 0 Å². The van der Waals surface area contributed by atoms with Crippen LogP contribution >= 0.6 is 0 Å². The molecule has 444 valence electrons. The number of rotatable bonds is 18. The number of carbonyl (C=O) groups is 4. The van der Waals surface area contributed by atoms with Crippen molar-refractivity contribution in [3.8, 4) is 0 Å². The van der Waals surface area contributed by atoms with Gasteiger partial charge in [0.1, 0.15) is 134 Å². The maximum Gasteiger partial charge on any atom is 0.217 e. The van der Waals surface area contributed by atoms with E-state index in [0.29, 0.717) is 0 Å². The Morgan fingerprint density at radius 3 is 0.974 bits per heavy atom. The van der Waals surface area contributed by atoms with Crippen LogP contribution < -0.4 is 21.3 Å². The summed E-state index contributed by atoms with van der Waals surface area (Å²) in [5, 5.41) is 162. The van der Waals surface area contributed by atoms with Gasteiger partial charge in [-0.2, -0.15) is 0 Å². The molecule has 30 atom stereocenters. The fourth-order valence-electron chi connectivity index (χ4n) is 10.0. The monoisotopic (exact) mass is 1120 g/mol. The van der Waals surface area contributed by atoms with Crippen molar-refractivity contribution in [2.45, 2.75) is 226 Å². The van der Waals surface area contributed by atoms with Crippen molar-refractivity contribution in [3.05, 3.63) is 0 Å². The molecule has 6 aliphatic heterocycles. The maximum atomic E-state index is 12.9. The predicted molar refractivity (Wildman–Crippen MR) is 243 cm³/mol. The van der Waals surface area contributed by atoms with Crippen LogP contribution in [-0.4, -0.2) is 306 Å². The van der Waals surface area contributed by atoms with Gasteiger partial charge in [-0.3, -0.25) is 19.2 Å². The zero-order valence-electron chi connectivity index (χ0n) is 42.5. The normalized spacial score (nSPS) is 47.6. The highest BCUT2D eigenvalue weighted by molar-refractivity contribution is 5.74. The summed E-state index contributed by atoms with van der Waals surface area (Å²) in [5.74, 6) is -3.10. The second kappa shape index (κ2) is 27.1. The SMILES string of the molecule is CC(=O)N[C@@H]1[C@@H](O[C@H]2O[C@H](CO)[C@H](O)[C@H](O[C@@H]3O[C@@H](C)[C@H](O[C@@H]4O[C@H](CO)[C@H](O)[C@H](O[C@H]5O[C@H](CO)[C@H](O)[C@H](O[C@@H]6O[C@@H](C)[C@H](O)[C@@H](O)[C@H]6O)[C@H]5NC(C)=O)[C@H]4NC(C)=O)[C@@H](O)[C@H]3O)[C@H]2NC(C)=O)[C@@H](O)[C@@H](CO)O[C@H]1O. The summed E-state index contributed by atoms with van der Waals surface area (Å²) >= 11 is 0. The van der Waals surface area contributed by atoms with Crippen molar-refractivity contribution in [2.24, 2.45) is 0 Å². The summed E-state index contributed by atoms with van der Waals surface area (Å²) in [5.41, 5.74) is 0. The molecular weight excluding hydrogens is 1050 g/mol. The molecule has 0 aromatic heterocycles. The Morgan fingerprint density at radius 1 is 0.338 bits per heavy atom. The smallest absolute Gasteiger partial charge is 0.217 e. The Balaban J connectivity index is 1.25. The van der Waals surface area contributed by atoms with Gasteiger partial charge < -0.3 is 145 Å². The zero-order chi connectivity index (χ0) is 57.1. The third-order valence-corrected chi connectivity index (χ3v) is 14.0. The lowest BCUT2D eigenvalue weighted by atomic mass is 9.93. The van der Waals surface area contributed by atoms with E-state index in [-0.39, 0.29) is 0 Å². The number of ether oxygens (including phenoxy) is 11. The lowest BCUT2D eigenvalue weighted by Crippen LogP contribution is -2.72. The van der Waals surface area contributed by atoms with Crippen molar-refractivity contribution in [1.29, 1.82) is 0 Å². The van der Waals surface area contributed by atoms with Crippen LogP contribution in [0.15, 0.2) is 0 Å². The fourth-order valence-corrected chi connectivity index (χ4v) is 10.0. The van der Waals surface area contributed by atoms with Gasteiger partial charge in [-0.1, -0.05) is 0 Å². The molecule has 4 amide bonds. The lowest BCUT2D eigenvalue weighted by molar-refractivity contribution is -0.375. The van der Waals surface area contributed by atoms with Gasteiger partial charge in [0.05, 0.1) is 38.6 Å². The number of carbonyl (C=O) groups excluding carboxylic acids is 4. The summed E-state index contributed by atoms with van der Waals surface area (Å²) in [6, 6.07) is -6.51. The van der Waals surface area contributed by atoms with Crippen molar-refractivity contribution in [2.75, 3.05) is 26.4 Å². The first-order valence-corrected chi connectivity index (χ1v) is 24.8. The van der Waals surface area contributed by atoms with Crippen LogP contribution in [0.5, 0.6) is 0 Å². The van der Waals surface area contributed by atoms with Gasteiger partial charge in [0, 0.05) is 27.7 Å². The minimum absolute atomic E-state index is 0.717. The molecule has 77 heavy (non-hydrogen) atoms. The number of aliphatic hydroxyl groups is 14. The van der Waals surface area contributed by atoms with Crippen LogP contribution in [0.25, 0.3) is 0 Å². The van der Waals surface area contributed by atoms with Crippen LogP contribution in [0.2, 0.25) is 0 Å². The van der Waals surface area contributed by atoms with E-state index in [4.69, 9.17) is 52.1 Å². The zero-order valence-corrected chi connectivity index (χ0v) is 42.5. The second-order valence-electron chi connectivity index (χ2n) is 19.7. The molecule has 6 fully saturated rings. The molecular formula is C44H74N4O29. The quantitative estimate of drug-likeness (QED) is 0.0606. The van der Waals surface area contributed by atoms with E-state index in [1.807, 2.05) is 0 Å². The lowest BCUT2D eigenvalue weighted by Gasteiger charge is -2.51. The topological polar surface area (TPSA) is 501 Å². The predicted octanol–water partition coefficient (Wildman–Crippen LogP) is -11.5. The van der Waals surface area contributed by atoms with Gasteiger partial charge in [-0.05, 0) is 13.8 Å². The maximum absolute atomic E-state index is 12.9. The first-order chi connectivity index (χ1) is 36.3. The molecule has 0 unspecified atom stereocenters. The Morgan fingerprint density at radius 2 is 0.623 bits per heavy atom. The van der Waals surface area contributed by atoms with E-state index in [2.05, 4.69) is 21.3 Å². The number of aliphatic hydroxyl groups excluding tert-OH is 14. The van der Waals surface area contributed by atoms with Crippen LogP contribution in [0, 0.1) is 0 Å². The molecule has 0 aromatic carbocycles. The standard InChI is InChI=1S/C44H74N4O29/c1-11-25(57)30(62)32(64)43(67-11)76-37-24(48-16(6)56)42(72-20(10-52)28(37)60)75-36-22(46-14(4)54)40(70-18(8-50)27(36)59)73-34-12(2)68-44(33(65)31(34)63)77-38-23(47-15(5)55)41(71-19(9-51)29(38)61)74-35-21(45-13(3)53)39(66)69-17(7-49)26(35)58/h11-12,17-44,49-52,57-66H,7-10H2,1-6H3,(H,45,53)(H,46,54)(H,47,55)(H,48,56)/t11-,12-,17+,18+,19+,20+,21+,22+,23+,24+,25-,26-,27-,28-,29-,30+,31-,32+,33+,34-,35+,36+,37+,38+,39+,40-,41+,42+,43-,44-/m0/s1. The van der Waals surface area contributed by atoms with Crippen LogP contribution in [-0.2, 0) is 71.3 Å². The molecule has 6 rings (SSSR count). The van der Waals surface area contributed by atoms with E-state index >= 15 is 0 Å². The summed E-state index contributed by atoms with van der Waals surface area (Å²) in [6.45, 7) is 3.21. The Hall–Kier alpha value is -3.12. The fraction of sp³-hybridized carbons (Fsp3) is 0.909. The highest BCUT2D eigenvalue weighted by Crippen LogP contribution is 2.37. The van der Waals surface area contributed by atoms with Crippen molar-refractivity contribution < 1.29 is 143 Å². The molecule has 33 heteroatoms. The molecule has 0 aliphatic carbocycles. The number of amides is 4. The number of hydrogen-bond donors (Lipinski definition) is 18. The Bertz CT molecular complexity index is 1950. The summed E-state index contributed by atoms with van der Waals surface area (Å²) in [7, 11) is 0. The average molecular weight is 1120 g/mol. The van der Waals surface area contributed by atoms with E-state index in [0.717, 1.165) is 27.7 Å². The third-order valence-electron chi connectivity index (χ3n) is 14.0. The summed E-state index contributed by atoms with van der Waals surface area (Å²) in [6.07, 6.45) is -45.7. The largest absolute Gasteiger partial charge is 0.394 e. The van der Waals surface area contributed by atoms with Gasteiger partial charge in [0.2, 0.25) is 23.6 Å². The average Bonchev–Trinajstić information content (AvgIpc) is 3.36. The van der Waals surface area contributed by atoms with Crippen molar-refractivity contribution >= 4 is 23.6 Å². The Kier molecular flexibility index (Phi) is 22.2. The third kappa shape index (κ3) is 14.1. The van der Waals surface area contributed by atoms with Gasteiger partial charge >= 0.3 is 0 Å². The molecule has 6 saturated heterocycles. The molecule has 6 aliphatic rings. The first-order valence-electron chi connectivity index (χ1n) is 24.8. The van der Waals surface area contributed by atoms with Crippen LogP contribution in [0.3, 0.4) is 0 Å². The van der Waals surface area contributed by atoms with Gasteiger partial charge in [0.15, 0.2) is 37.7 Å². The van der Waals surface area contributed by atoms with Crippen LogP contribution in [0.4, 0.5) is 0 Å². The van der Waals surface area contributed by atoms with Crippen molar-refractivity contribution in [1.82, 2.24) is 21.3 Å². The van der Waals surface area contributed by atoms with E-state index in [9.17, 15) is 90.7 Å². The molecule has 33 nitrogen and oxygen atoms in total. The summed E-state index contributed by atoms with van der Waals surface area (Å²) < 4.78 is 64.8. The molecule has 0 aromatic rings. The van der Waals surface area contributed by atoms with Gasteiger partial charge in [0.25, 0.3) is 0 Å². The number of nitrogens with one attached hydrogen (secondary N) is 4. The molecule has 0 bridgehead atoms. The highest BCUT2D eigenvalue weighted by Gasteiger charge is 2.58. The minimum Gasteiger partial charge on any atom is -0.394 e. The van der Waals surface area contributed by atoms with Crippen LogP contribution in [0.1, 0.15) is 41.5 Å².